The number of methoxy groups -OCH3 is 1. The van der Waals surface area contributed by atoms with Crippen molar-refractivity contribution in [1.29, 1.82) is 0 Å². The van der Waals surface area contributed by atoms with Crippen molar-refractivity contribution in [3.8, 4) is 16.9 Å². The summed E-state index contributed by atoms with van der Waals surface area (Å²) >= 11 is 0. The standard InChI is InChI=1S/C18H22N2O4/c1-24-15-3-4-16(13(10-15)12-23)17-11-14(19)2-5-18(17)20(6-8-21)7-9-22/h2-5,10-12,21-22H,6-9,19H2,1H3. The Morgan fingerprint density at radius 3 is 2.38 bits per heavy atom. The number of benzene rings is 2. The van der Waals surface area contributed by atoms with E-state index in [1.807, 2.05) is 11.0 Å². The predicted octanol–water partition coefficient (Wildman–Crippen LogP) is 1.55. The van der Waals surface area contributed by atoms with E-state index >= 15 is 0 Å². The molecule has 4 N–H and O–H groups in total. The molecule has 0 saturated heterocycles. The van der Waals surface area contributed by atoms with Crippen molar-refractivity contribution in [3.05, 3.63) is 42.0 Å². The number of nitrogens with two attached hydrogens (primary N) is 1. The Bertz CT molecular complexity index is 697. The number of ether oxygens (including phenoxy) is 1. The highest BCUT2D eigenvalue weighted by Crippen LogP contribution is 2.35. The van der Waals surface area contributed by atoms with Crippen LogP contribution in [0.15, 0.2) is 36.4 Å². The van der Waals surface area contributed by atoms with Crippen LogP contribution in [0, 0.1) is 0 Å². The largest absolute Gasteiger partial charge is 0.497 e. The second kappa shape index (κ2) is 8.33. The molecule has 0 aliphatic heterocycles. The van der Waals surface area contributed by atoms with Gasteiger partial charge in [-0.1, -0.05) is 0 Å². The highest BCUT2D eigenvalue weighted by molar-refractivity contribution is 5.93. The van der Waals surface area contributed by atoms with Crippen molar-refractivity contribution < 1.29 is 19.7 Å². The van der Waals surface area contributed by atoms with Gasteiger partial charge in [-0.2, -0.15) is 0 Å². The van der Waals surface area contributed by atoms with Crippen molar-refractivity contribution >= 4 is 17.7 Å². The Morgan fingerprint density at radius 2 is 1.79 bits per heavy atom. The SMILES string of the molecule is COc1ccc(-c2cc(N)ccc2N(CCO)CCO)c(C=O)c1. The molecule has 0 unspecified atom stereocenters. The second-order valence-electron chi connectivity index (χ2n) is 5.28. The van der Waals surface area contributed by atoms with Crippen molar-refractivity contribution in [2.24, 2.45) is 0 Å². The first kappa shape index (κ1) is 17.8. The smallest absolute Gasteiger partial charge is 0.150 e. The molecule has 0 aliphatic carbocycles. The van der Waals surface area contributed by atoms with Gasteiger partial charge in [-0.3, -0.25) is 4.79 Å². The molecule has 0 heterocycles. The minimum atomic E-state index is -0.0486. The third-order valence-electron chi connectivity index (χ3n) is 3.78. The molecule has 6 nitrogen and oxygen atoms in total. The maximum atomic E-state index is 11.5. The van der Waals surface area contributed by atoms with Crippen molar-refractivity contribution in [2.75, 3.05) is 44.0 Å². The van der Waals surface area contributed by atoms with Gasteiger partial charge >= 0.3 is 0 Å². The highest BCUT2D eigenvalue weighted by atomic mass is 16.5. The zero-order chi connectivity index (χ0) is 17.5. The molecule has 2 rings (SSSR count). The average molecular weight is 330 g/mol. The first-order valence-electron chi connectivity index (χ1n) is 7.64. The third kappa shape index (κ3) is 3.84. The van der Waals surface area contributed by atoms with Crippen LogP contribution in [0.4, 0.5) is 11.4 Å². The maximum absolute atomic E-state index is 11.5. The summed E-state index contributed by atoms with van der Waals surface area (Å²) < 4.78 is 5.17. The van der Waals surface area contributed by atoms with Crippen molar-refractivity contribution in [2.45, 2.75) is 0 Å². The topological polar surface area (TPSA) is 96.0 Å². The van der Waals surface area contributed by atoms with E-state index in [0.29, 0.717) is 35.7 Å². The molecule has 0 radical (unpaired) electrons. The fourth-order valence-electron chi connectivity index (χ4n) is 2.65. The molecule has 0 aromatic heterocycles. The molecular formula is C18H22N2O4. The van der Waals surface area contributed by atoms with Crippen LogP contribution in [0.1, 0.15) is 10.4 Å². The van der Waals surface area contributed by atoms with Gasteiger partial charge in [-0.15, -0.1) is 0 Å². The lowest BCUT2D eigenvalue weighted by atomic mass is 9.97. The monoisotopic (exact) mass is 330 g/mol. The third-order valence-corrected chi connectivity index (χ3v) is 3.78. The van der Waals surface area contributed by atoms with Crippen LogP contribution in [-0.4, -0.2) is 49.9 Å². The second-order valence-corrected chi connectivity index (χ2v) is 5.28. The number of rotatable bonds is 8. The number of hydrogen-bond acceptors (Lipinski definition) is 6. The lowest BCUT2D eigenvalue weighted by molar-refractivity contribution is 0.112. The van der Waals surface area contributed by atoms with Gasteiger partial charge in [0.2, 0.25) is 0 Å². The summed E-state index contributed by atoms with van der Waals surface area (Å²) in [5.74, 6) is 0.592. The van der Waals surface area contributed by atoms with Crippen molar-refractivity contribution in [3.63, 3.8) is 0 Å². The maximum Gasteiger partial charge on any atom is 0.150 e. The van der Waals surface area contributed by atoms with E-state index in [2.05, 4.69) is 0 Å². The van der Waals surface area contributed by atoms with Gasteiger partial charge in [0.1, 0.15) is 5.75 Å². The number of nitrogens with zero attached hydrogens (tertiary/aromatic N) is 1. The molecule has 6 heteroatoms. The van der Waals surface area contributed by atoms with Gasteiger partial charge in [0.15, 0.2) is 6.29 Å². The lowest BCUT2D eigenvalue weighted by Crippen LogP contribution is -2.30. The summed E-state index contributed by atoms with van der Waals surface area (Å²) in [6.07, 6.45) is 0.771. The number of carbonyl (C=O) groups excluding carboxylic acids is 1. The van der Waals surface area contributed by atoms with Crippen LogP contribution < -0.4 is 15.4 Å². The van der Waals surface area contributed by atoms with Gasteiger partial charge in [-0.25, -0.2) is 0 Å². The van der Waals surface area contributed by atoms with E-state index in [9.17, 15) is 15.0 Å². The Morgan fingerprint density at radius 1 is 1.08 bits per heavy atom. The molecule has 0 saturated carbocycles. The minimum absolute atomic E-state index is 0.0486. The molecule has 2 aromatic carbocycles. The molecule has 0 bridgehead atoms. The van der Waals surface area contributed by atoms with E-state index in [1.54, 1.807) is 37.4 Å². The van der Waals surface area contributed by atoms with E-state index in [1.165, 1.54) is 0 Å². The van der Waals surface area contributed by atoms with Crippen LogP contribution in [-0.2, 0) is 0 Å². The minimum Gasteiger partial charge on any atom is -0.497 e. The van der Waals surface area contributed by atoms with Crippen LogP contribution in [0.3, 0.4) is 0 Å². The van der Waals surface area contributed by atoms with Gasteiger partial charge in [-0.05, 0) is 42.0 Å². The summed E-state index contributed by atoms with van der Waals surface area (Å²) in [7, 11) is 1.54. The average Bonchev–Trinajstić information content (AvgIpc) is 2.61. The summed E-state index contributed by atoms with van der Waals surface area (Å²) in [6, 6.07) is 10.6. The number of aliphatic hydroxyl groups is 2. The number of nitrogen functional groups attached to an aromatic ring is 1. The molecule has 128 valence electrons. The van der Waals surface area contributed by atoms with Gasteiger partial charge < -0.3 is 25.6 Å². The summed E-state index contributed by atoms with van der Waals surface area (Å²) in [5.41, 5.74) is 9.25. The van der Waals surface area contributed by atoms with E-state index < -0.39 is 0 Å². The summed E-state index contributed by atoms with van der Waals surface area (Å²) in [4.78, 5) is 13.4. The quantitative estimate of drug-likeness (QED) is 0.502. The van der Waals surface area contributed by atoms with Crippen LogP contribution in [0.25, 0.3) is 11.1 Å². The van der Waals surface area contributed by atoms with Gasteiger partial charge in [0, 0.05) is 35.6 Å². The number of aliphatic hydroxyl groups excluding tert-OH is 2. The first-order valence-corrected chi connectivity index (χ1v) is 7.64. The lowest BCUT2D eigenvalue weighted by Gasteiger charge is -2.26. The molecular weight excluding hydrogens is 308 g/mol. The molecule has 0 amide bonds. The Labute approximate surface area is 141 Å². The zero-order valence-corrected chi connectivity index (χ0v) is 13.6. The van der Waals surface area contributed by atoms with Crippen molar-refractivity contribution in [1.82, 2.24) is 0 Å². The number of anilines is 2. The number of aldehydes is 1. The number of hydrogen-bond donors (Lipinski definition) is 3. The molecule has 24 heavy (non-hydrogen) atoms. The van der Waals surface area contributed by atoms with Crippen LogP contribution in [0.5, 0.6) is 5.75 Å². The Kier molecular flexibility index (Phi) is 6.17. The summed E-state index contributed by atoms with van der Waals surface area (Å²) in [5, 5.41) is 18.6. The zero-order valence-electron chi connectivity index (χ0n) is 13.6. The Hall–Kier alpha value is -2.57. The molecule has 0 fully saturated rings. The number of carbonyl (C=O) groups is 1. The normalized spacial score (nSPS) is 10.5. The van der Waals surface area contributed by atoms with Crippen LogP contribution >= 0.6 is 0 Å². The fourth-order valence-corrected chi connectivity index (χ4v) is 2.65. The molecule has 0 aliphatic rings. The Balaban J connectivity index is 2.60. The van der Waals surface area contributed by atoms with E-state index in [4.69, 9.17) is 10.5 Å². The van der Waals surface area contributed by atoms with Gasteiger partial charge in [0.25, 0.3) is 0 Å². The highest BCUT2D eigenvalue weighted by Gasteiger charge is 2.15. The predicted molar refractivity (Wildman–Crippen MR) is 94.6 cm³/mol. The molecule has 2 aromatic rings. The van der Waals surface area contributed by atoms with Crippen LogP contribution in [0.2, 0.25) is 0 Å². The molecule has 0 atom stereocenters. The van der Waals surface area contributed by atoms with Gasteiger partial charge in [0.05, 0.1) is 20.3 Å². The van der Waals surface area contributed by atoms with E-state index in [0.717, 1.165) is 17.5 Å². The summed E-state index contributed by atoms with van der Waals surface area (Å²) in [6.45, 7) is 0.633. The fraction of sp³-hybridized carbons (Fsp3) is 0.278. The first-order chi connectivity index (χ1) is 11.6. The molecule has 0 spiro atoms. The van der Waals surface area contributed by atoms with E-state index in [-0.39, 0.29) is 13.2 Å².